The van der Waals surface area contributed by atoms with E-state index in [4.69, 9.17) is 9.47 Å². The highest BCUT2D eigenvalue weighted by Crippen LogP contribution is 2.30. The zero-order valence-electron chi connectivity index (χ0n) is 12.8. The molecule has 2 aromatic carbocycles. The number of hydrogen-bond acceptors (Lipinski definition) is 7. The molecule has 0 bridgehead atoms. The van der Waals surface area contributed by atoms with Crippen LogP contribution < -0.4 is 14.9 Å². The maximum atomic E-state index is 12.1. The first-order chi connectivity index (χ1) is 12.0. The van der Waals surface area contributed by atoms with Crippen LogP contribution in [0.5, 0.6) is 17.2 Å². The van der Waals surface area contributed by atoms with Gasteiger partial charge in [0.15, 0.2) is 11.5 Å². The van der Waals surface area contributed by atoms with Gasteiger partial charge in [0.25, 0.3) is 11.6 Å². The van der Waals surface area contributed by atoms with Gasteiger partial charge in [-0.25, -0.2) is 5.43 Å². The molecule has 9 nitrogen and oxygen atoms in total. The number of carbonyl (C=O) groups excluding carboxylic acids is 1. The summed E-state index contributed by atoms with van der Waals surface area (Å²) in [7, 11) is 0. The molecule has 0 unspecified atom stereocenters. The molecule has 25 heavy (non-hydrogen) atoms. The monoisotopic (exact) mass is 343 g/mol. The Balaban J connectivity index is 1.73. The molecule has 0 aromatic heterocycles. The Morgan fingerprint density at radius 3 is 2.72 bits per heavy atom. The van der Waals surface area contributed by atoms with Crippen LogP contribution in [-0.4, -0.2) is 35.4 Å². The predicted octanol–water partition coefficient (Wildman–Crippen LogP) is 1.84. The quantitative estimate of drug-likeness (QED) is 0.496. The summed E-state index contributed by atoms with van der Waals surface area (Å²) in [5, 5.41) is 24.1. The number of rotatable bonds is 4. The molecule has 0 spiro atoms. The SMILES string of the molecule is O=C(N/N=C\c1cc(O)ccc1[N+](=O)[O-])c1ccc2c(c1)OCCO2. The van der Waals surface area contributed by atoms with Gasteiger partial charge in [-0.05, 0) is 30.3 Å². The molecule has 0 radical (unpaired) electrons. The molecule has 0 fully saturated rings. The van der Waals surface area contributed by atoms with E-state index < -0.39 is 10.8 Å². The van der Waals surface area contributed by atoms with Crippen molar-refractivity contribution in [2.45, 2.75) is 0 Å². The minimum absolute atomic E-state index is 0.0625. The van der Waals surface area contributed by atoms with Crippen molar-refractivity contribution in [3.05, 3.63) is 57.6 Å². The van der Waals surface area contributed by atoms with Crippen molar-refractivity contribution in [2.24, 2.45) is 5.10 Å². The molecule has 0 saturated heterocycles. The molecule has 1 aliphatic heterocycles. The third-order valence-corrected chi connectivity index (χ3v) is 3.38. The molecular formula is C16H13N3O6. The lowest BCUT2D eigenvalue weighted by molar-refractivity contribution is -0.385. The summed E-state index contributed by atoms with van der Waals surface area (Å²) < 4.78 is 10.8. The number of amides is 1. The van der Waals surface area contributed by atoms with E-state index in [0.717, 1.165) is 12.3 Å². The minimum atomic E-state index is -0.608. The molecular weight excluding hydrogens is 330 g/mol. The summed E-state index contributed by atoms with van der Waals surface area (Å²) in [5.74, 6) is 0.356. The van der Waals surface area contributed by atoms with Crippen LogP contribution >= 0.6 is 0 Å². The van der Waals surface area contributed by atoms with Crippen molar-refractivity contribution in [1.82, 2.24) is 5.43 Å². The van der Waals surface area contributed by atoms with E-state index >= 15 is 0 Å². The Bertz CT molecular complexity index is 865. The Morgan fingerprint density at radius 2 is 1.96 bits per heavy atom. The molecule has 1 amide bonds. The van der Waals surface area contributed by atoms with Gasteiger partial charge in [0.2, 0.25) is 0 Å². The zero-order valence-corrected chi connectivity index (χ0v) is 12.8. The van der Waals surface area contributed by atoms with E-state index in [2.05, 4.69) is 10.5 Å². The molecule has 3 rings (SSSR count). The highest BCUT2D eigenvalue weighted by Gasteiger charge is 2.15. The van der Waals surface area contributed by atoms with Crippen LogP contribution in [-0.2, 0) is 0 Å². The van der Waals surface area contributed by atoms with Crippen molar-refractivity contribution in [3.63, 3.8) is 0 Å². The fourth-order valence-corrected chi connectivity index (χ4v) is 2.22. The number of aromatic hydroxyl groups is 1. The summed E-state index contributed by atoms with van der Waals surface area (Å²) in [6, 6.07) is 8.22. The van der Waals surface area contributed by atoms with Crippen molar-refractivity contribution in [2.75, 3.05) is 13.2 Å². The second kappa shape index (κ2) is 6.87. The van der Waals surface area contributed by atoms with Gasteiger partial charge in [0.05, 0.1) is 16.7 Å². The number of phenols is 1. The van der Waals surface area contributed by atoms with Gasteiger partial charge < -0.3 is 14.6 Å². The highest BCUT2D eigenvalue weighted by atomic mass is 16.6. The predicted molar refractivity (Wildman–Crippen MR) is 87.3 cm³/mol. The first-order valence-electron chi connectivity index (χ1n) is 7.25. The van der Waals surface area contributed by atoms with Gasteiger partial charge in [0, 0.05) is 11.6 Å². The average molecular weight is 343 g/mol. The van der Waals surface area contributed by atoms with Crippen molar-refractivity contribution in [1.29, 1.82) is 0 Å². The fraction of sp³-hybridized carbons (Fsp3) is 0.125. The van der Waals surface area contributed by atoms with Crippen molar-refractivity contribution in [3.8, 4) is 17.2 Å². The second-order valence-corrected chi connectivity index (χ2v) is 5.06. The van der Waals surface area contributed by atoms with Crippen LogP contribution in [0.25, 0.3) is 0 Å². The number of fused-ring (bicyclic) bond motifs is 1. The maximum absolute atomic E-state index is 12.1. The van der Waals surface area contributed by atoms with Crippen LogP contribution in [0.2, 0.25) is 0 Å². The molecule has 0 aliphatic carbocycles. The van der Waals surface area contributed by atoms with Crippen LogP contribution in [0.4, 0.5) is 5.69 Å². The topological polar surface area (TPSA) is 123 Å². The van der Waals surface area contributed by atoms with Gasteiger partial charge in [-0.15, -0.1) is 0 Å². The molecule has 0 atom stereocenters. The number of nitro benzene ring substituents is 1. The Labute approximate surface area is 141 Å². The van der Waals surface area contributed by atoms with E-state index in [9.17, 15) is 20.0 Å². The fourth-order valence-electron chi connectivity index (χ4n) is 2.22. The lowest BCUT2D eigenvalue weighted by Gasteiger charge is -2.18. The highest BCUT2D eigenvalue weighted by molar-refractivity contribution is 5.96. The maximum Gasteiger partial charge on any atom is 0.278 e. The summed E-state index contributed by atoms with van der Waals surface area (Å²) in [5.41, 5.74) is 2.39. The first-order valence-corrected chi connectivity index (χ1v) is 7.25. The third-order valence-electron chi connectivity index (χ3n) is 3.38. The molecule has 2 aromatic rings. The van der Waals surface area contributed by atoms with Crippen molar-refractivity contribution >= 4 is 17.8 Å². The summed E-state index contributed by atoms with van der Waals surface area (Å²) in [4.78, 5) is 22.4. The van der Waals surface area contributed by atoms with Crippen LogP contribution in [0, 0.1) is 10.1 Å². The molecule has 1 aliphatic rings. The van der Waals surface area contributed by atoms with E-state index in [1.807, 2.05) is 0 Å². The number of ether oxygens (including phenoxy) is 2. The minimum Gasteiger partial charge on any atom is -0.508 e. The lowest BCUT2D eigenvalue weighted by atomic mass is 10.2. The number of hydrogen-bond donors (Lipinski definition) is 2. The Kier molecular flexibility index (Phi) is 4.46. The zero-order chi connectivity index (χ0) is 17.8. The van der Waals surface area contributed by atoms with Gasteiger partial charge in [-0.2, -0.15) is 5.10 Å². The van der Waals surface area contributed by atoms with Crippen LogP contribution in [0.1, 0.15) is 15.9 Å². The number of benzene rings is 2. The van der Waals surface area contributed by atoms with Crippen LogP contribution in [0.3, 0.4) is 0 Å². The normalized spacial score (nSPS) is 12.8. The molecule has 1 heterocycles. The number of carbonyl (C=O) groups is 1. The van der Waals surface area contributed by atoms with Gasteiger partial charge in [0.1, 0.15) is 19.0 Å². The second-order valence-electron chi connectivity index (χ2n) is 5.06. The summed E-state index contributed by atoms with van der Waals surface area (Å²) in [6.45, 7) is 0.850. The van der Waals surface area contributed by atoms with E-state index in [-0.39, 0.29) is 17.0 Å². The average Bonchev–Trinajstić information content (AvgIpc) is 2.61. The molecule has 0 saturated carbocycles. The first kappa shape index (κ1) is 16.2. The van der Waals surface area contributed by atoms with E-state index in [0.29, 0.717) is 30.3 Å². The standard InChI is InChI=1S/C16H13N3O6/c20-12-2-3-13(19(22)23)11(7-12)9-17-18-16(21)10-1-4-14-15(8-10)25-6-5-24-14/h1-4,7-9,20H,5-6H2,(H,18,21)/b17-9-. The number of nitrogens with one attached hydrogen (secondary N) is 1. The van der Waals surface area contributed by atoms with Gasteiger partial charge >= 0.3 is 0 Å². The largest absolute Gasteiger partial charge is 0.508 e. The van der Waals surface area contributed by atoms with Gasteiger partial charge in [-0.3, -0.25) is 14.9 Å². The number of nitrogens with zero attached hydrogens (tertiary/aromatic N) is 2. The Morgan fingerprint density at radius 1 is 1.20 bits per heavy atom. The summed E-state index contributed by atoms with van der Waals surface area (Å²) >= 11 is 0. The summed E-state index contributed by atoms with van der Waals surface area (Å²) in [6.07, 6.45) is 1.09. The molecule has 9 heteroatoms. The van der Waals surface area contributed by atoms with E-state index in [1.165, 1.54) is 18.2 Å². The van der Waals surface area contributed by atoms with E-state index in [1.54, 1.807) is 12.1 Å². The number of phenolic OH excluding ortho intramolecular Hbond substituents is 1. The molecule has 128 valence electrons. The van der Waals surface area contributed by atoms with Crippen LogP contribution in [0.15, 0.2) is 41.5 Å². The lowest BCUT2D eigenvalue weighted by Crippen LogP contribution is -2.19. The smallest absolute Gasteiger partial charge is 0.278 e. The number of nitro groups is 1. The Hall–Kier alpha value is -3.62. The van der Waals surface area contributed by atoms with Gasteiger partial charge in [-0.1, -0.05) is 0 Å². The molecule has 2 N–H and O–H groups in total. The number of hydrazone groups is 1. The van der Waals surface area contributed by atoms with Crippen molar-refractivity contribution < 1.29 is 24.3 Å². The third kappa shape index (κ3) is 3.66.